The molecular formula is C19H20F4N8O3. The van der Waals surface area contributed by atoms with Crippen LogP contribution in [0.3, 0.4) is 0 Å². The smallest absolute Gasteiger partial charge is 0.406 e. The highest BCUT2D eigenvalue weighted by atomic mass is 19.4. The Kier molecular flexibility index (Phi) is 7.75. The lowest BCUT2D eigenvalue weighted by molar-refractivity contribution is -0.274. The molecule has 2 amide bonds. The third-order valence-electron chi connectivity index (χ3n) is 4.50. The summed E-state index contributed by atoms with van der Waals surface area (Å²) < 4.78 is 56.3. The number of H-pyrrole nitrogens is 1. The summed E-state index contributed by atoms with van der Waals surface area (Å²) in [6.07, 6.45) is -3.61. The van der Waals surface area contributed by atoms with Gasteiger partial charge in [0, 0.05) is 20.1 Å². The van der Waals surface area contributed by atoms with Crippen LogP contribution in [0, 0.1) is 0 Å². The van der Waals surface area contributed by atoms with Crippen LogP contribution in [-0.2, 0) is 13.1 Å². The molecule has 2 aromatic heterocycles. The molecule has 0 aliphatic heterocycles. The molecule has 15 heteroatoms. The lowest BCUT2D eigenvalue weighted by atomic mass is 10.2. The van der Waals surface area contributed by atoms with Gasteiger partial charge in [-0.15, -0.1) is 23.4 Å². The standard InChI is InChI=1S/C19H20F4N8O3/c1-30(18(33)15-9-25-28-26-15)6-5-13(20)10-31-11-16(27-29-31)17(32)24-8-12-3-2-4-14(7-12)34-19(21,22)23/h2-4,7,9,11,13H,5-6,8,10H2,1H3,(H,24,32)(H,25,26,28). The van der Waals surface area contributed by atoms with E-state index in [0.29, 0.717) is 5.56 Å². The van der Waals surface area contributed by atoms with Crippen LogP contribution in [0.4, 0.5) is 17.6 Å². The number of nitrogens with one attached hydrogen (secondary N) is 2. The second kappa shape index (κ2) is 10.7. The molecule has 11 nitrogen and oxygen atoms in total. The number of aromatic nitrogens is 6. The number of amides is 2. The first-order valence-electron chi connectivity index (χ1n) is 9.89. The van der Waals surface area contributed by atoms with E-state index in [0.717, 1.165) is 16.8 Å². The minimum Gasteiger partial charge on any atom is -0.406 e. The van der Waals surface area contributed by atoms with Crippen molar-refractivity contribution in [3.8, 4) is 5.75 Å². The highest BCUT2D eigenvalue weighted by Gasteiger charge is 2.31. The first-order valence-corrected chi connectivity index (χ1v) is 9.89. The molecule has 3 aromatic rings. The zero-order valence-electron chi connectivity index (χ0n) is 17.8. The van der Waals surface area contributed by atoms with Gasteiger partial charge in [0.05, 0.1) is 18.9 Å². The maximum atomic E-state index is 14.3. The molecule has 2 N–H and O–H groups in total. The summed E-state index contributed by atoms with van der Waals surface area (Å²) in [5, 5.41) is 19.4. The number of halogens is 4. The first kappa shape index (κ1) is 24.6. The summed E-state index contributed by atoms with van der Waals surface area (Å²) in [4.78, 5) is 25.6. The molecule has 0 aliphatic carbocycles. The summed E-state index contributed by atoms with van der Waals surface area (Å²) in [5.74, 6) is -1.45. The Labute approximate surface area is 190 Å². The van der Waals surface area contributed by atoms with Gasteiger partial charge in [0.2, 0.25) is 0 Å². The van der Waals surface area contributed by atoms with E-state index in [1.807, 2.05) is 0 Å². The zero-order chi connectivity index (χ0) is 24.7. The molecule has 2 heterocycles. The van der Waals surface area contributed by atoms with Crippen molar-refractivity contribution in [3.05, 3.63) is 53.6 Å². The third-order valence-corrected chi connectivity index (χ3v) is 4.50. The van der Waals surface area contributed by atoms with Crippen LogP contribution in [0.15, 0.2) is 36.7 Å². The van der Waals surface area contributed by atoms with Crippen LogP contribution in [0.25, 0.3) is 0 Å². The Bertz CT molecular complexity index is 1100. The van der Waals surface area contributed by atoms with E-state index < -0.39 is 30.1 Å². The first-order chi connectivity index (χ1) is 16.1. The van der Waals surface area contributed by atoms with Crippen molar-refractivity contribution in [1.82, 2.24) is 40.6 Å². The lowest BCUT2D eigenvalue weighted by Crippen LogP contribution is -2.30. The Balaban J connectivity index is 1.45. The van der Waals surface area contributed by atoms with Crippen LogP contribution >= 0.6 is 0 Å². The molecule has 0 spiro atoms. The van der Waals surface area contributed by atoms with Gasteiger partial charge in [-0.1, -0.05) is 22.6 Å². The topological polar surface area (TPSA) is 131 Å². The largest absolute Gasteiger partial charge is 0.573 e. The van der Waals surface area contributed by atoms with Crippen molar-refractivity contribution in [1.29, 1.82) is 0 Å². The average molecular weight is 484 g/mol. The van der Waals surface area contributed by atoms with E-state index in [-0.39, 0.29) is 37.4 Å². The number of nitrogens with zero attached hydrogens (tertiary/aromatic N) is 6. The summed E-state index contributed by atoms with van der Waals surface area (Å²) in [7, 11) is 1.51. The van der Waals surface area contributed by atoms with Crippen LogP contribution in [-0.4, -0.2) is 73.2 Å². The number of alkyl halides is 4. The summed E-state index contributed by atoms with van der Waals surface area (Å²) in [6, 6.07) is 5.15. The van der Waals surface area contributed by atoms with Gasteiger partial charge in [-0.05, 0) is 24.1 Å². The predicted molar refractivity (Wildman–Crippen MR) is 107 cm³/mol. The quantitative estimate of drug-likeness (QED) is 0.419. The molecule has 1 aromatic carbocycles. The Hall–Kier alpha value is -4.04. The van der Waals surface area contributed by atoms with Gasteiger partial charge in [0.15, 0.2) is 11.4 Å². The van der Waals surface area contributed by atoms with Gasteiger partial charge in [0.1, 0.15) is 11.9 Å². The Morgan fingerprint density at radius 2 is 2.06 bits per heavy atom. The highest BCUT2D eigenvalue weighted by Crippen LogP contribution is 2.23. The lowest BCUT2D eigenvalue weighted by Gasteiger charge is -2.17. The normalized spacial score (nSPS) is 12.3. The molecule has 0 saturated carbocycles. The number of hydrogen-bond acceptors (Lipinski definition) is 7. The SMILES string of the molecule is CN(CCC(F)Cn1cc(C(=O)NCc2cccc(OC(F)(F)F)c2)nn1)C(=O)c1c[nH]nn1. The fraction of sp³-hybridized carbons (Fsp3) is 0.368. The van der Waals surface area contributed by atoms with E-state index in [1.54, 1.807) is 0 Å². The van der Waals surface area contributed by atoms with Gasteiger partial charge in [-0.25, -0.2) is 9.07 Å². The van der Waals surface area contributed by atoms with Gasteiger partial charge in [0.25, 0.3) is 11.8 Å². The number of hydrogen-bond donors (Lipinski definition) is 2. The van der Waals surface area contributed by atoms with Crippen LogP contribution in [0.1, 0.15) is 33.0 Å². The minimum atomic E-state index is -4.82. The molecule has 0 fully saturated rings. The molecule has 0 saturated heterocycles. The van der Waals surface area contributed by atoms with Crippen molar-refractivity contribution >= 4 is 11.8 Å². The fourth-order valence-corrected chi connectivity index (χ4v) is 2.85. The molecule has 0 radical (unpaired) electrons. The monoisotopic (exact) mass is 484 g/mol. The molecule has 3 rings (SSSR count). The minimum absolute atomic E-state index is 0.0117. The summed E-state index contributed by atoms with van der Waals surface area (Å²) in [6.45, 7) is -0.159. The number of carbonyl (C=O) groups is 2. The maximum absolute atomic E-state index is 14.3. The predicted octanol–water partition coefficient (Wildman–Crippen LogP) is 1.73. The van der Waals surface area contributed by atoms with Crippen molar-refractivity contribution < 1.29 is 31.9 Å². The highest BCUT2D eigenvalue weighted by molar-refractivity contribution is 5.92. The third kappa shape index (κ3) is 7.25. The molecule has 1 unspecified atom stereocenters. The van der Waals surface area contributed by atoms with E-state index in [4.69, 9.17) is 0 Å². The van der Waals surface area contributed by atoms with Crippen LogP contribution in [0.5, 0.6) is 5.75 Å². The van der Waals surface area contributed by atoms with Gasteiger partial charge in [-0.3, -0.25) is 14.7 Å². The Morgan fingerprint density at radius 3 is 2.76 bits per heavy atom. The van der Waals surface area contributed by atoms with E-state index >= 15 is 0 Å². The summed E-state index contributed by atoms with van der Waals surface area (Å²) in [5.41, 5.74) is 0.397. The van der Waals surface area contributed by atoms with Crippen molar-refractivity contribution in [2.24, 2.45) is 0 Å². The van der Waals surface area contributed by atoms with E-state index in [9.17, 15) is 27.2 Å². The molecular weight excluding hydrogens is 464 g/mol. The van der Waals surface area contributed by atoms with Crippen LogP contribution in [0.2, 0.25) is 0 Å². The fourth-order valence-electron chi connectivity index (χ4n) is 2.85. The number of ether oxygens (including phenoxy) is 1. The zero-order valence-corrected chi connectivity index (χ0v) is 17.8. The number of benzene rings is 1. The van der Waals surface area contributed by atoms with Crippen molar-refractivity contribution in [2.75, 3.05) is 13.6 Å². The van der Waals surface area contributed by atoms with Gasteiger partial charge < -0.3 is 15.0 Å². The molecule has 0 aliphatic rings. The second-order valence-electron chi connectivity index (χ2n) is 7.18. The van der Waals surface area contributed by atoms with Gasteiger partial charge >= 0.3 is 6.36 Å². The van der Waals surface area contributed by atoms with Crippen molar-refractivity contribution in [3.63, 3.8) is 0 Å². The number of carbonyl (C=O) groups excluding carboxylic acids is 2. The van der Waals surface area contributed by atoms with E-state index in [1.165, 1.54) is 36.5 Å². The average Bonchev–Trinajstić information content (AvgIpc) is 3.47. The molecule has 34 heavy (non-hydrogen) atoms. The number of rotatable bonds is 10. The second-order valence-corrected chi connectivity index (χ2v) is 7.18. The number of aromatic amines is 1. The molecule has 1 atom stereocenters. The van der Waals surface area contributed by atoms with Gasteiger partial charge in [-0.2, -0.15) is 0 Å². The van der Waals surface area contributed by atoms with Crippen molar-refractivity contribution in [2.45, 2.75) is 32.0 Å². The van der Waals surface area contributed by atoms with E-state index in [2.05, 4.69) is 35.8 Å². The summed E-state index contributed by atoms with van der Waals surface area (Å²) >= 11 is 0. The maximum Gasteiger partial charge on any atom is 0.573 e. The molecule has 182 valence electrons. The molecule has 0 bridgehead atoms. The Morgan fingerprint density at radius 1 is 1.26 bits per heavy atom. The van der Waals surface area contributed by atoms with Crippen LogP contribution < -0.4 is 10.1 Å².